The Morgan fingerprint density at radius 2 is 0.812 bits per heavy atom. The molecule has 6 aromatic rings. The number of fused-ring (bicyclic) bond motifs is 2. The van der Waals surface area contributed by atoms with Crippen LogP contribution in [0.2, 0.25) is 13.1 Å². The molecule has 0 saturated carbocycles. The Balaban J connectivity index is 0.000000224. The molecule has 0 heterocycles. The van der Waals surface area contributed by atoms with E-state index in [1.165, 1.54) is 88.3 Å². The molecular formula is C44H52Cl2SiZr. The molecule has 0 amide bonds. The van der Waals surface area contributed by atoms with Gasteiger partial charge in [-0.1, -0.05) is 136 Å². The Morgan fingerprint density at radius 3 is 1.08 bits per heavy atom. The molecule has 4 heteroatoms. The van der Waals surface area contributed by atoms with Crippen molar-refractivity contribution in [2.75, 3.05) is 0 Å². The Hall–Kier alpha value is -2.22. The first-order valence-corrected chi connectivity index (χ1v) is 25.2. The molecule has 250 valence electrons. The Morgan fingerprint density at radius 1 is 0.521 bits per heavy atom. The van der Waals surface area contributed by atoms with Crippen molar-refractivity contribution < 1.29 is 20.8 Å². The molecule has 6 rings (SSSR count). The van der Waals surface area contributed by atoms with Crippen molar-refractivity contribution in [1.29, 1.82) is 0 Å². The number of rotatable bonds is 4. The second kappa shape index (κ2) is 18.7. The summed E-state index contributed by atoms with van der Waals surface area (Å²) in [5.41, 5.74) is 16.5. The molecule has 2 radical (unpaired) electrons. The van der Waals surface area contributed by atoms with E-state index in [4.69, 9.17) is 17.0 Å². The Bertz CT molecular complexity index is 1760. The molecule has 0 fully saturated rings. The van der Waals surface area contributed by atoms with Crippen molar-refractivity contribution in [2.45, 2.75) is 94.2 Å². The van der Waals surface area contributed by atoms with Crippen molar-refractivity contribution in [3.63, 3.8) is 0 Å². The fourth-order valence-electron chi connectivity index (χ4n) is 6.74. The van der Waals surface area contributed by atoms with Crippen LogP contribution in [-0.4, -0.2) is 9.52 Å². The summed E-state index contributed by atoms with van der Waals surface area (Å²) in [7, 11) is 11.0. The van der Waals surface area contributed by atoms with Crippen LogP contribution < -0.4 is 0 Å². The second-order valence-electron chi connectivity index (χ2n) is 13.8. The average Bonchev–Trinajstić information content (AvgIpc) is 3.56. The van der Waals surface area contributed by atoms with E-state index in [1.807, 2.05) is 0 Å². The van der Waals surface area contributed by atoms with Gasteiger partial charge in [-0.05, 0) is 50.7 Å². The van der Waals surface area contributed by atoms with Crippen LogP contribution in [0.4, 0.5) is 0 Å². The first-order chi connectivity index (χ1) is 22.7. The quantitative estimate of drug-likeness (QED) is 0.124. The zero-order chi connectivity index (χ0) is 35.7. The Labute approximate surface area is 312 Å². The molecule has 0 N–H and O–H groups in total. The summed E-state index contributed by atoms with van der Waals surface area (Å²) in [6.45, 7) is 26.5. The van der Waals surface area contributed by atoms with Gasteiger partial charge in [0.25, 0.3) is 0 Å². The average molecular weight is 771 g/mol. The monoisotopic (exact) mass is 768 g/mol. The standard InChI is InChI=1S/2C21H23.C2H6Si.2ClH.Zr/c2*1-13(2)19-7-6-17-9-16(5)12-20(17)21(19)18-10-14(3)8-15(4)11-18;1-3-2;;;/h2*6-13H,1-5H3;1-2H3;2*1H;/q2*-1;;;;+4/p-2. The minimum absolute atomic E-state index is 0.528. The van der Waals surface area contributed by atoms with Gasteiger partial charge in [-0.3, -0.25) is 0 Å². The van der Waals surface area contributed by atoms with Crippen LogP contribution in [0, 0.1) is 41.5 Å². The fourth-order valence-corrected chi connectivity index (χ4v) is 6.74. The molecule has 0 aliphatic rings. The van der Waals surface area contributed by atoms with Crippen molar-refractivity contribution in [1.82, 2.24) is 0 Å². The third-order valence-electron chi connectivity index (χ3n) is 8.40. The summed E-state index contributed by atoms with van der Waals surface area (Å²) in [6.07, 6.45) is 0. The second-order valence-corrected chi connectivity index (χ2v) is 18.5. The van der Waals surface area contributed by atoms with Gasteiger partial charge in [0.15, 0.2) is 0 Å². The maximum absolute atomic E-state index is 4.93. The topological polar surface area (TPSA) is 0 Å². The number of halogens is 2. The molecule has 0 bridgehead atoms. The van der Waals surface area contributed by atoms with Crippen molar-refractivity contribution in [3.8, 4) is 22.3 Å². The van der Waals surface area contributed by atoms with E-state index in [0.29, 0.717) is 11.8 Å². The third kappa shape index (κ3) is 10.4. The van der Waals surface area contributed by atoms with Crippen LogP contribution >= 0.6 is 17.0 Å². The molecule has 0 aromatic heterocycles. The molecule has 0 aliphatic carbocycles. The maximum atomic E-state index is 4.93. The van der Waals surface area contributed by atoms with E-state index in [9.17, 15) is 0 Å². The van der Waals surface area contributed by atoms with Gasteiger partial charge in [-0.15, -0.1) is 69.1 Å². The van der Waals surface area contributed by atoms with Gasteiger partial charge in [0.1, 0.15) is 0 Å². The van der Waals surface area contributed by atoms with Crippen LogP contribution in [0.1, 0.15) is 84.0 Å². The van der Waals surface area contributed by atoms with Gasteiger partial charge in [0.05, 0.1) is 0 Å². The van der Waals surface area contributed by atoms with Gasteiger partial charge in [-0.25, -0.2) is 0 Å². The normalized spacial score (nSPS) is 10.7. The summed E-state index contributed by atoms with van der Waals surface area (Å²) >= 11 is -0.826. The molecule has 0 saturated heterocycles. The van der Waals surface area contributed by atoms with Crippen LogP contribution in [0.3, 0.4) is 0 Å². The summed E-state index contributed by atoms with van der Waals surface area (Å²) in [6, 6.07) is 32.1. The van der Waals surface area contributed by atoms with E-state index in [-0.39, 0.29) is 0 Å². The number of hydrogen-bond donors (Lipinski definition) is 0. The zero-order valence-electron chi connectivity index (χ0n) is 31.0. The molecule has 0 spiro atoms. The molecule has 0 nitrogen and oxygen atoms in total. The van der Waals surface area contributed by atoms with Crippen molar-refractivity contribution >= 4 is 48.1 Å². The fraction of sp³-hybridized carbons (Fsp3) is 0.318. The van der Waals surface area contributed by atoms with Crippen LogP contribution in [-0.2, 0) is 20.8 Å². The van der Waals surface area contributed by atoms with Gasteiger partial charge in [0, 0.05) is 9.52 Å². The van der Waals surface area contributed by atoms with Gasteiger partial charge < -0.3 is 0 Å². The predicted octanol–water partition coefficient (Wildman–Crippen LogP) is 14.7. The molecule has 0 aliphatic heterocycles. The Kier molecular flexibility index (Phi) is 15.7. The number of aryl methyl sites for hydroxylation is 6. The number of hydrogen-bond acceptors (Lipinski definition) is 0. The minimum atomic E-state index is -0.826. The molecule has 48 heavy (non-hydrogen) atoms. The van der Waals surface area contributed by atoms with E-state index in [0.717, 1.165) is 9.52 Å². The summed E-state index contributed by atoms with van der Waals surface area (Å²) in [5.74, 6) is 1.06. The molecule has 6 aromatic carbocycles. The van der Waals surface area contributed by atoms with Crippen LogP contribution in [0.5, 0.6) is 0 Å². The van der Waals surface area contributed by atoms with Crippen LogP contribution in [0.15, 0.2) is 84.9 Å². The van der Waals surface area contributed by atoms with Crippen molar-refractivity contribution in [2.24, 2.45) is 0 Å². The first-order valence-electron chi connectivity index (χ1n) is 16.9. The van der Waals surface area contributed by atoms with Crippen LogP contribution in [0.25, 0.3) is 43.8 Å². The molecule has 0 unspecified atom stereocenters. The molecular weight excluding hydrogens is 719 g/mol. The van der Waals surface area contributed by atoms with Crippen molar-refractivity contribution in [3.05, 3.63) is 129 Å². The van der Waals surface area contributed by atoms with Gasteiger partial charge in [-0.2, -0.15) is 12.1 Å². The first kappa shape index (κ1) is 40.2. The summed E-state index contributed by atoms with van der Waals surface area (Å²) in [5, 5.41) is 5.49. The van der Waals surface area contributed by atoms with E-state index >= 15 is 0 Å². The summed E-state index contributed by atoms with van der Waals surface area (Å²) in [4.78, 5) is 0. The zero-order valence-corrected chi connectivity index (χ0v) is 36.0. The van der Waals surface area contributed by atoms with Gasteiger partial charge >= 0.3 is 37.9 Å². The summed E-state index contributed by atoms with van der Waals surface area (Å²) < 4.78 is 0. The van der Waals surface area contributed by atoms with E-state index < -0.39 is 20.8 Å². The van der Waals surface area contributed by atoms with E-state index in [2.05, 4.69) is 167 Å². The molecule has 0 atom stereocenters. The van der Waals surface area contributed by atoms with E-state index in [1.54, 1.807) is 0 Å². The predicted molar refractivity (Wildman–Crippen MR) is 216 cm³/mol. The SMILES string of the molecule is C[Si]C.Cc1cc(C)cc(-c2c(C(C)C)ccc3[cH-]c(C)cc23)c1.Cc1cc(C)cc(-c2c(C(C)C)ccc3[cH-]c(C)cc23)c1.[Cl][Zr+2][Cl]. The third-order valence-corrected chi connectivity index (χ3v) is 8.40. The van der Waals surface area contributed by atoms with Gasteiger partial charge in [0.2, 0.25) is 0 Å². The number of benzene rings is 4.